The van der Waals surface area contributed by atoms with Gasteiger partial charge < -0.3 is 4.74 Å². The molecule has 2 rings (SSSR count). The van der Waals surface area contributed by atoms with Gasteiger partial charge in [-0.15, -0.1) is 5.10 Å². The Bertz CT molecular complexity index is 662. The highest BCUT2D eigenvalue weighted by Crippen LogP contribution is 2.24. The van der Waals surface area contributed by atoms with Crippen LogP contribution in [0.1, 0.15) is 17.4 Å². The van der Waals surface area contributed by atoms with Crippen molar-refractivity contribution in [3.05, 3.63) is 34.4 Å². The van der Waals surface area contributed by atoms with Crippen LogP contribution in [0.25, 0.3) is 11.3 Å². The third kappa shape index (κ3) is 4.04. The molecule has 0 saturated carbocycles. The van der Waals surface area contributed by atoms with E-state index < -0.39 is 8.07 Å². The summed E-state index contributed by atoms with van der Waals surface area (Å²) in [5.74, 6) is -0.372. The fourth-order valence-corrected chi connectivity index (χ4v) is 3.46. The Hall–Kier alpha value is -1.47. The van der Waals surface area contributed by atoms with Crippen LogP contribution in [0.3, 0.4) is 0 Å². The summed E-state index contributed by atoms with van der Waals surface area (Å²) in [6.07, 6.45) is 0.727. The Balaban J connectivity index is 2.49. The molecule has 0 aliphatic heterocycles. The molecule has 0 atom stereocenters. The minimum absolute atomic E-state index is 0.330. The van der Waals surface area contributed by atoms with Gasteiger partial charge in [-0.2, -0.15) is 0 Å². The van der Waals surface area contributed by atoms with Crippen molar-refractivity contribution in [1.29, 1.82) is 0 Å². The number of benzene rings is 1. The highest BCUT2D eigenvalue weighted by atomic mass is 79.9. The second kappa shape index (κ2) is 6.74. The van der Waals surface area contributed by atoms with E-state index in [2.05, 4.69) is 45.9 Å². The van der Waals surface area contributed by atoms with E-state index in [0.29, 0.717) is 18.0 Å². The van der Waals surface area contributed by atoms with Gasteiger partial charge in [0.25, 0.3) is 0 Å². The molecule has 0 bridgehead atoms. The van der Waals surface area contributed by atoms with E-state index in [0.717, 1.165) is 16.2 Å². The molecule has 0 radical (unpaired) electrons. The monoisotopic (exact) mass is 381 g/mol. The van der Waals surface area contributed by atoms with Crippen molar-refractivity contribution in [3.63, 3.8) is 0 Å². The Morgan fingerprint density at radius 3 is 2.45 bits per heavy atom. The van der Waals surface area contributed by atoms with Crippen LogP contribution in [0.4, 0.5) is 0 Å². The Labute approximate surface area is 139 Å². The molecule has 0 spiro atoms. The molecule has 0 aliphatic carbocycles. The fraction of sp³-hybridized carbons (Fsp3) is 0.400. The van der Waals surface area contributed by atoms with Gasteiger partial charge in [-0.1, -0.05) is 52.9 Å². The lowest BCUT2D eigenvalue weighted by Crippen LogP contribution is -2.30. The average molecular weight is 382 g/mol. The minimum atomic E-state index is -1.45. The quantitative estimate of drug-likeness (QED) is 0.584. The van der Waals surface area contributed by atoms with E-state index in [1.54, 1.807) is 11.6 Å². The number of hydrogen-bond donors (Lipinski definition) is 0. The van der Waals surface area contributed by atoms with Gasteiger partial charge >= 0.3 is 5.97 Å². The number of rotatable bonds is 5. The number of aromatic nitrogens is 3. The molecule has 1 aromatic carbocycles. The zero-order valence-electron chi connectivity index (χ0n) is 13.3. The van der Waals surface area contributed by atoms with E-state index in [4.69, 9.17) is 4.74 Å². The number of carbonyl (C=O) groups is 1. The number of esters is 1. The zero-order chi connectivity index (χ0) is 16.3. The van der Waals surface area contributed by atoms with Gasteiger partial charge in [-0.25, -0.2) is 9.48 Å². The number of ether oxygens (including phenoxy) is 1. The van der Waals surface area contributed by atoms with E-state index in [-0.39, 0.29) is 5.97 Å². The van der Waals surface area contributed by atoms with Crippen LogP contribution in [0.2, 0.25) is 19.6 Å². The van der Waals surface area contributed by atoms with Gasteiger partial charge in [-0.05, 0) is 19.1 Å². The van der Waals surface area contributed by atoms with Crippen molar-refractivity contribution in [2.45, 2.75) is 32.7 Å². The predicted octanol–water partition coefficient (Wildman–Crippen LogP) is 3.76. The molecule has 118 valence electrons. The number of halogens is 1. The van der Waals surface area contributed by atoms with Gasteiger partial charge in [0, 0.05) is 16.2 Å². The summed E-state index contributed by atoms with van der Waals surface area (Å²) in [4.78, 5) is 12.4. The summed E-state index contributed by atoms with van der Waals surface area (Å²) in [7, 11) is -1.45. The molecule has 22 heavy (non-hydrogen) atoms. The standard InChI is InChI=1S/C15H20BrN3O2Si/c1-5-21-15(20)14-13(11-6-8-12(16)9-7-11)17-18-19(14)10-22(2,3)4/h6-9H,5,10H2,1-4H3. The van der Waals surface area contributed by atoms with E-state index in [1.165, 1.54) is 0 Å². The molecule has 0 aliphatic rings. The molecule has 0 unspecified atom stereocenters. The summed E-state index contributed by atoms with van der Waals surface area (Å²) in [6.45, 7) is 8.80. The van der Waals surface area contributed by atoms with Gasteiger partial charge in [0.15, 0.2) is 5.69 Å². The second-order valence-electron chi connectivity index (χ2n) is 6.23. The molecule has 5 nitrogen and oxygen atoms in total. The minimum Gasteiger partial charge on any atom is -0.461 e. The van der Waals surface area contributed by atoms with Crippen LogP contribution in [-0.2, 0) is 10.9 Å². The van der Waals surface area contributed by atoms with E-state index >= 15 is 0 Å². The lowest BCUT2D eigenvalue weighted by Gasteiger charge is -2.16. The fourth-order valence-electron chi connectivity index (χ4n) is 2.08. The van der Waals surface area contributed by atoms with Crippen LogP contribution in [0.15, 0.2) is 28.7 Å². The van der Waals surface area contributed by atoms with Crippen molar-refractivity contribution in [2.75, 3.05) is 6.61 Å². The molecular formula is C15H20BrN3O2Si. The highest BCUT2D eigenvalue weighted by Gasteiger charge is 2.26. The largest absolute Gasteiger partial charge is 0.461 e. The zero-order valence-corrected chi connectivity index (χ0v) is 15.8. The normalized spacial score (nSPS) is 11.5. The van der Waals surface area contributed by atoms with Crippen LogP contribution in [0.5, 0.6) is 0 Å². The third-order valence-corrected chi connectivity index (χ3v) is 4.72. The molecule has 2 aromatic rings. The molecule has 0 saturated heterocycles. The number of nitrogens with zero attached hydrogens (tertiary/aromatic N) is 3. The van der Waals surface area contributed by atoms with Crippen LogP contribution in [-0.4, -0.2) is 35.6 Å². The van der Waals surface area contributed by atoms with Gasteiger partial charge in [-0.3, -0.25) is 0 Å². The first-order chi connectivity index (χ1) is 10.3. The van der Waals surface area contributed by atoms with E-state index in [9.17, 15) is 4.79 Å². The SMILES string of the molecule is CCOC(=O)c1c(-c2ccc(Br)cc2)nnn1C[Si](C)(C)C. The topological polar surface area (TPSA) is 57.0 Å². The maximum Gasteiger partial charge on any atom is 0.358 e. The van der Waals surface area contributed by atoms with Crippen molar-refractivity contribution in [3.8, 4) is 11.3 Å². The molecule has 0 fully saturated rings. The number of hydrogen-bond acceptors (Lipinski definition) is 4. The van der Waals surface area contributed by atoms with Crippen LogP contribution >= 0.6 is 15.9 Å². The maximum atomic E-state index is 12.4. The Kier molecular flexibility index (Phi) is 5.18. The smallest absolute Gasteiger partial charge is 0.358 e. The molecule has 0 N–H and O–H groups in total. The third-order valence-electron chi connectivity index (χ3n) is 2.95. The van der Waals surface area contributed by atoms with Crippen molar-refractivity contribution in [1.82, 2.24) is 15.0 Å². The Morgan fingerprint density at radius 2 is 1.91 bits per heavy atom. The summed E-state index contributed by atoms with van der Waals surface area (Å²) in [5, 5.41) is 8.42. The first-order valence-corrected chi connectivity index (χ1v) is 11.7. The predicted molar refractivity (Wildman–Crippen MR) is 92.5 cm³/mol. The average Bonchev–Trinajstić information content (AvgIpc) is 2.81. The van der Waals surface area contributed by atoms with Crippen molar-refractivity contribution >= 4 is 30.0 Å². The van der Waals surface area contributed by atoms with Gasteiger partial charge in [0.2, 0.25) is 0 Å². The first-order valence-electron chi connectivity index (χ1n) is 7.18. The number of carbonyl (C=O) groups excluding carboxylic acids is 1. The van der Waals surface area contributed by atoms with Crippen LogP contribution in [0, 0.1) is 0 Å². The van der Waals surface area contributed by atoms with Gasteiger partial charge in [0.05, 0.1) is 14.7 Å². The lowest BCUT2D eigenvalue weighted by molar-refractivity contribution is 0.0514. The van der Waals surface area contributed by atoms with E-state index in [1.807, 2.05) is 24.3 Å². The Morgan fingerprint density at radius 1 is 1.27 bits per heavy atom. The molecule has 1 heterocycles. The summed E-state index contributed by atoms with van der Waals surface area (Å²) < 4.78 is 7.87. The molecule has 1 aromatic heterocycles. The summed E-state index contributed by atoms with van der Waals surface area (Å²) in [6, 6.07) is 7.66. The first kappa shape index (κ1) is 16.9. The lowest BCUT2D eigenvalue weighted by atomic mass is 10.1. The maximum absolute atomic E-state index is 12.4. The summed E-state index contributed by atoms with van der Waals surface area (Å²) in [5.41, 5.74) is 1.86. The molecule has 0 amide bonds. The molecular weight excluding hydrogens is 362 g/mol. The highest BCUT2D eigenvalue weighted by molar-refractivity contribution is 9.10. The van der Waals surface area contributed by atoms with Crippen LogP contribution < -0.4 is 0 Å². The van der Waals surface area contributed by atoms with Crippen molar-refractivity contribution in [2.24, 2.45) is 0 Å². The van der Waals surface area contributed by atoms with Gasteiger partial charge in [0.1, 0.15) is 5.69 Å². The molecule has 7 heteroatoms. The second-order valence-corrected chi connectivity index (χ2v) is 12.6. The summed E-state index contributed by atoms with van der Waals surface area (Å²) >= 11 is 3.41. The van der Waals surface area contributed by atoms with Crippen molar-refractivity contribution < 1.29 is 9.53 Å².